The van der Waals surface area contributed by atoms with Crippen molar-refractivity contribution < 1.29 is 14.3 Å². The molecule has 1 aliphatic heterocycles. The van der Waals surface area contributed by atoms with Crippen molar-refractivity contribution in [3.63, 3.8) is 0 Å². The van der Waals surface area contributed by atoms with Crippen molar-refractivity contribution in [2.24, 2.45) is 10.2 Å². The Morgan fingerprint density at radius 1 is 1.30 bits per heavy atom. The summed E-state index contributed by atoms with van der Waals surface area (Å²) >= 11 is 10.7. The van der Waals surface area contributed by atoms with Crippen molar-refractivity contribution in [3.05, 3.63) is 57.0 Å². The van der Waals surface area contributed by atoms with E-state index in [1.807, 2.05) is 18.2 Å². The number of thioether (sulfide) groups is 1. The molecule has 2 aromatic carbocycles. The Balaban J connectivity index is 1.72. The van der Waals surface area contributed by atoms with Crippen molar-refractivity contribution in [2.75, 3.05) is 12.9 Å². The molecule has 0 saturated carbocycles. The zero-order valence-electron chi connectivity index (χ0n) is 14.2. The molecule has 0 aliphatic carbocycles. The fraction of sp³-hybridized carbons (Fsp3) is 0.167. The molecule has 1 amide bonds. The molecule has 0 spiro atoms. The molecular weight excluding hydrogens is 454 g/mol. The molecule has 1 fully saturated rings. The van der Waals surface area contributed by atoms with E-state index in [0.29, 0.717) is 34.0 Å². The van der Waals surface area contributed by atoms with Crippen LogP contribution in [0.25, 0.3) is 0 Å². The molecule has 9 heteroatoms. The van der Waals surface area contributed by atoms with Gasteiger partial charge in [0.1, 0.15) is 18.1 Å². The highest BCUT2D eigenvalue weighted by Gasteiger charge is 2.16. The number of benzene rings is 2. The number of hydrogen-bond acceptors (Lipinski definition) is 6. The van der Waals surface area contributed by atoms with Crippen LogP contribution in [0.2, 0.25) is 5.02 Å². The molecule has 0 radical (unpaired) electrons. The lowest BCUT2D eigenvalue weighted by atomic mass is 10.1. The monoisotopic (exact) mass is 467 g/mol. The van der Waals surface area contributed by atoms with Crippen molar-refractivity contribution >= 4 is 56.6 Å². The number of carbonyl (C=O) groups is 1. The Morgan fingerprint density at radius 3 is 2.81 bits per heavy atom. The number of rotatable bonds is 6. The van der Waals surface area contributed by atoms with Crippen molar-refractivity contribution in [1.82, 2.24) is 5.32 Å². The average Bonchev–Trinajstić information content (AvgIpc) is 3.06. The highest BCUT2D eigenvalue weighted by molar-refractivity contribution is 9.10. The Labute approximate surface area is 174 Å². The smallest absolute Gasteiger partial charge is 0.236 e. The predicted octanol–water partition coefficient (Wildman–Crippen LogP) is 4.24. The second-order valence-corrected chi connectivity index (χ2v) is 7.68. The molecule has 1 N–H and O–H groups in total. The maximum atomic E-state index is 11.1. The molecule has 2 aromatic rings. The van der Waals surface area contributed by atoms with Gasteiger partial charge in [0.15, 0.2) is 5.17 Å². The lowest BCUT2D eigenvalue weighted by molar-refractivity contribution is -0.116. The fourth-order valence-electron chi connectivity index (χ4n) is 2.27. The molecular formula is C18H15BrClN3O3S. The quantitative estimate of drug-likeness (QED) is 0.508. The lowest BCUT2D eigenvalue weighted by Crippen LogP contribution is -2.19. The van der Waals surface area contributed by atoms with Gasteiger partial charge in [0, 0.05) is 10.6 Å². The SMILES string of the molecule is COc1ccc(C=NN=C2NC(=O)CS2)cc1COc1ccc(Cl)cc1Br. The molecule has 0 aromatic heterocycles. The third kappa shape index (κ3) is 5.47. The Morgan fingerprint density at radius 2 is 2.11 bits per heavy atom. The summed E-state index contributed by atoms with van der Waals surface area (Å²) in [5, 5.41) is 11.8. The average molecular weight is 469 g/mol. The zero-order chi connectivity index (χ0) is 19.2. The van der Waals surface area contributed by atoms with Gasteiger partial charge >= 0.3 is 0 Å². The van der Waals surface area contributed by atoms with E-state index in [4.69, 9.17) is 21.1 Å². The minimum atomic E-state index is -0.0637. The number of amides is 1. The topological polar surface area (TPSA) is 72.3 Å². The normalized spacial score (nSPS) is 15.4. The van der Waals surface area contributed by atoms with Crippen LogP contribution in [0, 0.1) is 0 Å². The van der Waals surface area contributed by atoms with Gasteiger partial charge in [-0.3, -0.25) is 4.79 Å². The van der Waals surface area contributed by atoms with Gasteiger partial charge < -0.3 is 14.8 Å². The number of amidine groups is 1. The molecule has 140 valence electrons. The van der Waals surface area contributed by atoms with Gasteiger partial charge in [-0.15, -0.1) is 5.10 Å². The van der Waals surface area contributed by atoms with Crippen LogP contribution in [0.15, 0.2) is 51.1 Å². The van der Waals surface area contributed by atoms with Crippen molar-refractivity contribution in [2.45, 2.75) is 6.61 Å². The number of methoxy groups -OCH3 is 1. The van der Waals surface area contributed by atoms with E-state index in [9.17, 15) is 4.79 Å². The zero-order valence-corrected chi connectivity index (χ0v) is 17.4. The van der Waals surface area contributed by atoms with Crippen LogP contribution in [0.3, 0.4) is 0 Å². The summed E-state index contributed by atoms with van der Waals surface area (Å²) in [5.74, 6) is 1.70. The number of ether oxygens (including phenoxy) is 2. The minimum absolute atomic E-state index is 0.0637. The first kappa shape index (κ1) is 19.7. The van der Waals surface area contributed by atoms with Crippen LogP contribution >= 0.6 is 39.3 Å². The summed E-state index contributed by atoms with van der Waals surface area (Å²) in [6.07, 6.45) is 1.61. The third-order valence-electron chi connectivity index (χ3n) is 3.52. The van der Waals surface area contributed by atoms with E-state index in [2.05, 4.69) is 31.4 Å². The van der Waals surface area contributed by atoms with Crippen LogP contribution in [0.1, 0.15) is 11.1 Å². The fourth-order valence-corrected chi connectivity index (χ4v) is 3.69. The van der Waals surface area contributed by atoms with Gasteiger partial charge in [0.2, 0.25) is 5.91 Å². The molecule has 0 unspecified atom stereocenters. The molecule has 0 bridgehead atoms. The van der Waals surface area contributed by atoms with Crippen molar-refractivity contribution in [3.8, 4) is 11.5 Å². The van der Waals surface area contributed by atoms with Crippen molar-refractivity contribution in [1.29, 1.82) is 0 Å². The Bertz CT molecular complexity index is 921. The Hall–Kier alpha value is -2.03. The predicted molar refractivity (Wildman–Crippen MR) is 112 cm³/mol. The number of carbonyl (C=O) groups excluding carboxylic acids is 1. The van der Waals surface area contributed by atoms with E-state index in [1.54, 1.807) is 31.5 Å². The first-order chi connectivity index (χ1) is 13.0. The van der Waals surface area contributed by atoms with Gasteiger partial charge in [-0.25, -0.2) is 0 Å². The number of nitrogens with zero attached hydrogens (tertiary/aromatic N) is 2. The summed E-state index contributed by atoms with van der Waals surface area (Å²) in [6.45, 7) is 0.311. The minimum Gasteiger partial charge on any atom is -0.496 e. The highest BCUT2D eigenvalue weighted by atomic mass is 79.9. The lowest BCUT2D eigenvalue weighted by Gasteiger charge is -2.12. The number of hydrogen-bond donors (Lipinski definition) is 1. The molecule has 0 atom stereocenters. The number of halogens is 2. The summed E-state index contributed by atoms with van der Waals surface area (Å²) in [7, 11) is 1.61. The number of nitrogens with one attached hydrogen (secondary N) is 1. The van der Waals surface area contributed by atoms with Gasteiger partial charge in [0.05, 0.1) is 23.5 Å². The standard InChI is InChI=1S/C18H15BrClN3O3S/c1-25-15-4-2-11(8-21-23-18-22-17(24)10-27-18)6-12(15)9-26-16-5-3-13(20)7-14(16)19/h2-8H,9-10H2,1H3,(H,22,23,24). The highest BCUT2D eigenvalue weighted by Crippen LogP contribution is 2.29. The largest absolute Gasteiger partial charge is 0.496 e. The first-order valence-corrected chi connectivity index (χ1v) is 9.99. The van der Waals surface area contributed by atoms with E-state index in [0.717, 1.165) is 15.6 Å². The van der Waals surface area contributed by atoms with E-state index in [-0.39, 0.29) is 5.91 Å². The van der Waals surface area contributed by atoms with Gasteiger partial charge in [-0.05, 0) is 57.9 Å². The maximum absolute atomic E-state index is 11.1. The van der Waals surface area contributed by atoms with E-state index in [1.165, 1.54) is 11.8 Å². The summed E-state index contributed by atoms with van der Waals surface area (Å²) < 4.78 is 12.0. The van der Waals surface area contributed by atoms with Gasteiger partial charge in [-0.2, -0.15) is 5.10 Å². The Kier molecular flexibility index (Phi) is 6.76. The first-order valence-electron chi connectivity index (χ1n) is 7.83. The molecule has 1 aliphatic rings. The van der Waals surface area contributed by atoms with E-state index < -0.39 is 0 Å². The van der Waals surface area contributed by atoms with Crippen LogP contribution in [0.5, 0.6) is 11.5 Å². The maximum Gasteiger partial charge on any atom is 0.236 e. The second kappa shape index (κ2) is 9.25. The van der Waals surface area contributed by atoms with Gasteiger partial charge in [-0.1, -0.05) is 23.4 Å². The van der Waals surface area contributed by atoms with E-state index >= 15 is 0 Å². The molecule has 1 heterocycles. The molecule has 3 rings (SSSR count). The molecule has 27 heavy (non-hydrogen) atoms. The third-order valence-corrected chi connectivity index (χ3v) is 5.24. The van der Waals surface area contributed by atoms with Crippen LogP contribution < -0.4 is 14.8 Å². The van der Waals surface area contributed by atoms with Gasteiger partial charge in [0.25, 0.3) is 0 Å². The summed E-state index contributed by atoms with van der Waals surface area (Å²) in [6, 6.07) is 11.0. The van der Waals surface area contributed by atoms with Crippen LogP contribution in [-0.2, 0) is 11.4 Å². The molecule has 6 nitrogen and oxygen atoms in total. The van der Waals surface area contributed by atoms with Crippen LogP contribution in [-0.4, -0.2) is 30.2 Å². The second-order valence-electron chi connectivity index (χ2n) is 5.42. The molecule has 1 saturated heterocycles. The van der Waals surface area contributed by atoms with Crippen LogP contribution in [0.4, 0.5) is 0 Å². The summed E-state index contributed by atoms with van der Waals surface area (Å²) in [4.78, 5) is 11.1. The summed E-state index contributed by atoms with van der Waals surface area (Å²) in [5.41, 5.74) is 1.70.